The van der Waals surface area contributed by atoms with Gasteiger partial charge in [0.15, 0.2) is 0 Å². The number of rotatable bonds is 8. The highest BCUT2D eigenvalue weighted by Crippen LogP contribution is 2.11. The number of nitrogens with zero attached hydrogens (tertiary/aromatic N) is 1. The Balaban J connectivity index is 1.96. The summed E-state index contributed by atoms with van der Waals surface area (Å²) in [5.41, 5.74) is 1.65. The second-order valence-corrected chi connectivity index (χ2v) is 6.33. The minimum Gasteiger partial charge on any atom is -0.364 e. The molecule has 1 heterocycles. The molecule has 1 aromatic carbocycles. The van der Waals surface area contributed by atoms with Crippen molar-refractivity contribution in [1.82, 2.24) is 15.2 Å². The molecule has 1 aromatic heterocycles. The lowest BCUT2D eigenvalue weighted by Gasteiger charge is -2.07. The molecule has 0 atom stereocenters. The standard InChI is InChI=1S/C14H19N3O3S/c1-2-15-9-7-12-3-5-14(6-4-12)21(18,19)16-11-13-8-10-20-17-13/h3-6,8,10,15-16H,2,7,9,11H2,1H3. The van der Waals surface area contributed by atoms with Gasteiger partial charge in [-0.1, -0.05) is 24.2 Å². The molecule has 0 radical (unpaired) electrons. The van der Waals surface area contributed by atoms with Crippen molar-refractivity contribution in [3.05, 3.63) is 47.9 Å². The van der Waals surface area contributed by atoms with Crippen LogP contribution in [0.5, 0.6) is 0 Å². The van der Waals surface area contributed by atoms with Gasteiger partial charge in [-0.2, -0.15) is 0 Å². The first kappa shape index (κ1) is 15.7. The summed E-state index contributed by atoms with van der Waals surface area (Å²) in [5, 5.41) is 6.89. The van der Waals surface area contributed by atoms with Crippen LogP contribution in [0.3, 0.4) is 0 Å². The fraction of sp³-hybridized carbons (Fsp3) is 0.357. The summed E-state index contributed by atoms with van der Waals surface area (Å²) in [4.78, 5) is 0.248. The number of benzene rings is 1. The molecule has 21 heavy (non-hydrogen) atoms. The number of sulfonamides is 1. The van der Waals surface area contributed by atoms with Gasteiger partial charge in [-0.15, -0.1) is 0 Å². The summed E-state index contributed by atoms with van der Waals surface area (Å²) in [6.07, 6.45) is 2.28. The fourth-order valence-corrected chi connectivity index (χ4v) is 2.82. The summed E-state index contributed by atoms with van der Waals surface area (Å²) in [6, 6.07) is 8.52. The molecule has 0 fully saturated rings. The van der Waals surface area contributed by atoms with E-state index in [0.29, 0.717) is 5.69 Å². The van der Waals surface area contributed by atoms with Crippen molar-refractivity contribution in [2.24, 2.45) is 0 Å². The van der Waals surface area contributed by atoms with Crippen LogP contribution in [0.25, 0.3) is 0 Å². The van der Waals surface area contributed by atoms with Gasteiger partial charge in [0, 0.05) is 6.07 Å². The average Bonchev–Trinajstić information content (AvgIpc) is 3.00. The Morgan fingerprint density at radius 3 is 2.57 bits per heavy atom. The first-order valence-electron chi connectivity index (χ1n) is 6.80. The summed E-state index contributed by atoms with van der Waals surface area (Å²) in [7, 11) is -3.53. The van der Waals surface area contributed by atoms with E-state index in [4.69, 9.17) is 0 Å². The summed E-state index contributed by atoms with van der Waals surface area (Å²) in [6.45, 7) is 3.97. The zero-order valence-corrected chi connectivity index (χ0v) is 12.7. The van der Waals surface area contributed by atoms with Gasteiger partial charge in [0.1, 0.15) is 6.26 Å². The largest absolute Gasteiger partial charge is 0.364 e. The van der Waals surface area contributed by atoms with E-state index >= 15 is 0 Å². The third kappa shape index (κ3) is 4.66. The van der Waals surface area contributed by atoms with E-state index in [1.807, 2.05) is 12.1 Å². The van der Waals surface area contributed by atoms with E-state index < -0.39 is 10.0 Å². The fourth-order valence-electron chi connectivity index (χ4n) is 1.83. The Morgan fingerprint density at radius 1 is 1.19 bits per heavy atom. The molecule has 0 spiro atoms. The van der Waals surface area contributed by atoms with E-state index in [1.165, 1.54) is 6.26 Å². The molecule has 0 aliphatic carbocycles. The van der Waals surface area contributed by atoms with Crippen molar-refractivity contribution in [3.8, 4) is 0 Å². The van der Waals surface area contributed by atoms with Crippen molar-refractivity contribution < 1.29 is 12.9 Å². The van der Waals surface area contributed by atoms with Crippen LogP contribution in [0.4, 0.5) is 0 Å². The number of hydrogen-bond donors (Lipinski definition) is 2. The Hall–Kier alpha value is -1.70. The highest BCUT2D eigenvalue weighted by Gasteiger charge is 2.14. The minimum absolute atomic E-state index is 0.112. The first-order valence-corrected chi connectivity index (χ1v) is 8.28. The molecule has 7 heteroatoms. The predicted molar refractivity (Wildman–Crippen MR) is 79.2 cm³/mol. The second kappa shape index (κ2) is 7.35. The maximum atomic E-state index is 12.1. The number of hydrogen-bond acceptors (Lipinski definition) is 5. The Morgan fingerprint density at radius 2 is 1.95 bits per heavy atom. The van der Waals surface area contributed by atoms with Crippen LogP contribution >= 0.6 is 0 Å². The molecule has 0 bridgehead atoms. The first-order chi connectivity index (χ1) is 10.1. The monoisotopic (exact) mass is 309 g/mol. The maximum absolute atomic E-state index is 12.1. The van der Waals surface area contributed by atoms with Gasteiger partial charge < -0.3 is 9.84 Å². The van der Waals surface area contributed by atoms with Crippen molar-refractivity contribution in [3.63, 3.8) is 0 Å². The van der Waals surface area contributed by atoms with Gasteiger partial charge in [0.05, 0.1) is 17.1 Å². The normalized spacial score (nSPS) is 11.7. The quantitative estimate of drug-likeness (QED) is 0.718. The number of likely N-dealkylation sites (N-methyl/N-ethyl adjacent to an activating group) is 1. The van der Waals surface area contributed by atoms with Gasteiger partial charge in [0.25, 0.3) is 0 Å². The van der Waals surface area contributed by atoms with E-state index in [1.54, 1.807) is 18.2 Å². The third-order valence-corrected chi connectivity index (χ3v) is 4.43. The van der Waals surface area contributed by atoms with Crippen LogP contribution in [-0.2, 0) is 23.0 Å². The summed E-state index contributed by atoms with van der Waals surface area (Å²) in [5.74, 6) is 0. The van der Waals surface area contributed by atoms with Gasteiger partial charge in [0.2, 0.25) is 10.0 Å². The Labute approximate surface area is 124 Å². The molecular formula is C14H19N3O3S. The second-order valence-electron chi connectivity index (χ2n) is 4.56. The van der Waals surface area contributed by atoms with Crippen LogP contribution in [0.2, 0.25) is 0 Å². The molecule has 114 valence electrons. The Kier molecular flexibility index (Phi) is 5.49. The van der Waals surface area contributed by atoms with Crippen LogP contribution in [0.15, 0.2) is 46.0 Å². The molecule has 0 aliphatic heterocycles. The van der Waals surface area contributed by atoms with Gasteiger partial charge in [-0.05, 0) is 37.2 Å². The molecule has 0 saturated heterocycles. The molecule has 0 unspecified atom stereocenters. The zero-order chi connectivity index (χ0) is 15.1. The highest BCUT2D eigenvalue weighted by atomic mass is 32.2. The lowest BCUT2D eigenvalue weighted by Crippen LogP contribution is -2.23. The number of aromatic nitrogens is 1. The molecule has 0 saturated carbocycles. The highest BCUT2D eigenvalue weighted by molar-refractivity contribution is 7.89. The smallest absolute Gasteiger partial charge is 0.240 e. The lowest BCUT2D eigenvalue weighted by molar-refractivity contribution is 0.411. The maximum Gasteiger partial charge on any atom is 0.240 e. The molecule has 2 aromatic rings. The van der Waals surface area contributed by atoms with Crippen LogP contribution in [0.1, 0.15) is 18.2 Å². The topological polar surface area (TPSA) is 84.2 Å². The third-order valence-electron chi connectivity index (χ3n) is 3.01. The van der Waals surface area contributed by atoms with E-state index in [-0.39, 0.29) is 11.4 Å². The lowest BCUT2D eigenvalue weighted by atomic mass is 10.1. The number of nitrogens with one attached hydrogen (secondary N) is 2. The minimum atomic E-state index is -3.53. The van der Waals surface area contributed by atoms with E-state index in [0.717, 1.165) is 25.1 Å². The summed E-state index contributed by atoms with van der Waals surface area (Å²) < 4.78 is 31.4. The van der Waals surface area contributed by atoms with Crippen LogP contribution in [-0.4, -0.2) is 26.7 Å². The van der Waals surface area contributed by atoms with Crippen LogP contribution < -0.4 is 10.0 Å². The predicted octanol–water partition coefficient (Wildman–Crippen LogP) is 1.31. The van der Waals surface area contributed by atoms with Crippen molar-refractivity contribution in [2.45, 2.75) is 24.8 Å². The van der Waals surface area contributed by atoms with Crippen molar-refractivity contribution in [1.29, 1.82) is 0 Å². The SMILES string of the molecule is CCNCCc1ccc(S(=O)(=O)NCc2ccon2)cc1. The molecule has 2 rings (SSSR count). The average molecular weight is 309 g/mol. The van der Waals surface area contributed by atoms with Crippen molar-refractivity contribution >= 4 is 10.0 Å². The molecular weight excluding hydrogens is 290 g/mol. The Bertz CT molecular complexity index is 637. The summed E-state index contributed by atoms with van der Waals surface area (Å²) >= 11 is 0. The molecule has 0 amide bonds. The molecule has 0 aliphatic rings. The van der Waals surface area contributed by atoms with E-state index in [2.05, 4.69) is 26.6 Å². The van der Waals surface area contributed by atoms with Gasteiger partial charge >= 0.3 is 0 Å². The molecule has 6 nitrogen and oxygen atoms in total. The molecule has 2 N–H and O–H groups in total. The zero-order valence-electron chi connectivity index (χ0n) is 11.9. The van der Waals surface area contributed by atoms with E-state index in [9.17, 15) is 8.42 Å². The van der Waals surface area contributed by atoms with Gasteiger partial charge in [-0.3, -0.25) is 0 Å². The van der Waals surface area contributed by atoms with Crippen LogP contribution in [0, 0.1) is 0 Å². The van der Waals surface area contributed by atoms with Crippen molar-refractivity contribution in [2.75, 3.05) is 13.1 Å². The van der Waals surface area contributed by atoms with Gasteiger partial charge in [-0.25, -0.2) is 13.1 Å².